The highest BCUT2D eigenvalue weighted by Gasteiger charge is 2.19. The minimum absolute atomic E-state index is 0.152. The number of rotatable bonds is 5. The second-order valence-corrected chi connectivity index (χ2v) is 4.37. The molecule has 0 aliphatic heterocycles. The molecule has 1 unspecified atom stereocenters. The van der Waals surface area contributed by atoms with Gasteiger partial charge in [-0.15, -0.1) is 5.10 Å². The van der Waals surface area contributed by atoms with E-state index >= 15 is 0 Å². The Kier molecular flexibility index (Phi) is 4.04. The molecule has 20 heavy (non-hydrogen) atoms. The molecule has 8 heteroatoms. The fourth-order valence-electron chi connectivity index (χ4n) is 1.86. The maximum Gasteiger partial charge on any atom is 0.297 e. The first kappa shape index (κ1) is 14.1. The predicted octanol–water partition coefficient (Wildman–Crippen LogP) is 2.11. The summed E-state index contributed by atoms with van der Waals surface area (Å²) in [6, 6.07) is 3.00. The van der Waals surface area contributed by atoms with Crippen LogP contribution < -0.4 is 5.73 Å². The van der Waals surface area contributed by atoms with Crippen LogP contribution in [0.4, 0.5) is 10.1 Å². The lowest BCUT2D eigenvalue weighted by atomic mass is 10.1. The summed E-state index contributed by atoms with van der Waals surface area (Å²) < 4.78 is 14.3. The topological polar surface area (TPSA) is 99.9 Å². The molecule has 2 rings (SSSR count). The lowest BCUT2D eigenvalue weighted by molar-refractivity contribution is -0.384. The predicted molar refractivity (Wildman–Crippen MR) is 69.8 cm³/mol. The largest absolute Gasteiger partial charge is 0.323 e. The SMILES string of the molecule is CCCC(N)c1cn(-c2ccc(F)cc2[N+](=O)[O-])nn1. The molecule has 0 saturated heterocycles. The van der Waals surface area contributed by atoms with Gasteiger partial charge in [-0.1, -0.05) is 18.6 Å². The van der Waals surface area contributed by atoms with Gasteiger partial charge in [0.25, 0.3) is 5.69 Å². The number of hydrogen-bond donors (Lipinski definition) is 1. The highest BCUT2D eigenvalue weighted by molar-refractivity contribution is 5.51. The average molecular weight is 279 g/mol. The Bertz CT molecular complexity index is 628. The molecule has 0 bridgehead atoms. The average Bonchev–Trinajstić information content (AvgIpc) is 2.88. The summed E-state index contributed by atoms with van der Waals surface area (Å²) >= 11 is 0. The minimum atomic E-state index is -0.677. The monoisotopic (exact) mass is 279 g/mol. The first-order valence-electron chi connectivity index (χ1n) is 6.15. The maximum absolute atomic E-state index is 13.1. The molecule has 1 aromatic carbocycles. The number of benzene rings is 1. The molecule has 0 aliphatic rings. The molecular formula is C12H14FN5O2. The van der Waals surface area contributed by atoms with Gasteiger partial charge in [0, 0.05) is 0 Å². The third-order valence-electron chi connectivity index (χ3n) is 2.87. The van der Waals surface area contributed by atoms with E-state index in [1.54, 1.807) is 0 Å². The molecular weight excluding hydrogens is 265 g/mol. The van der Waals surface area contributed by atoms with E-state index in [0.717, 1.165) is 25.0 Å². The van der Waals surface area contributed by atoms with Crippen LogP contribution in [0.2, 0.25) is 0 Å². The van der Waals surface area contributed by atoms with Crippen LogP contribution in [0.5, 0.6) is 0 Å². The second-order valence-electron chi connectivity index (χ2n) is 4.37. The quantitative estimate of drug-likeness (QED) is 0.667. The van der Waals surface area contributed by atoms with E-state index in [4.69, 9.17) is 5.73 Å². The van der Waals surface area contributed by atoms with Gasteiger partial charge in [-0.25, -0.2) is 9.07 Å². The van der Waals surface area contributed by atoms with Crippen molar-refractivity contribution >= 4 is 5.69 Å². The fourth-order valence-corrected chi connectivity index (χ4v) is 1.86. The van der Waals surface area contributed by atoms with Crippen LogP contribution in [0.1, 0.15) is 31.5 Å². The number of aromatic nitrogens is 3. The van der Waals surface area contributed by atoms with Gasteiger partial charge in [0.15, 0.2) is 0 Å². The van der Waals surface area contributed by atoms with E-state index in [9.17, 15) is 14.5 Å². The first-order valence-corrected chi connectivity index (χ1v) is 6.15. The smallest absolute Gasteiger partial charge is 0.297 e. The zero-order valence-corrected chi connectivity index (χ0v) is 10.9. The summed E-state index contributed by atoms with van der Waals surface area (Å²) in [5.74, 6) is -0.677. The molecule has 1 aromatic heterocycles. The summed E-state index contributed by atoms with van der Waals surface area (Å²) in [4.78, 5) is 10.3. The van der Waals surface area contributed by atoms with Crippen LogP contribution in [0.3, 0.4) is 0 Å². The Morgan fingerprint density at radius 2 is 2.30 bits per heavy atom. The molecule has 0 fully saturated rings. The van der Waals surface area contributed by atoms with E-state index in [2.05, 4.69) is 10.3 Å². The van der Waals surface area contributed by atoms with Gasteiger partial charge in [-0.05, 0) is 18.6 Å². The van der Waals surface area contributed by atoms with E-state index in [1.807, 2.05) is 6.92 Å². The van der Waals surface area contributed by atoms with Gasteiger partial charge in [0.05, 0.1) is 28.9 Å². The Labute approximate surface area is 114 Å². The van der Waals surface area contributed by atoms with Gasteiger partial charge in [-0.2, -0.15) is 0 Å². The highest BCUT2D eigenvalue weighted by Crippen LogP contribution is 2.24. The molecule has 1 heterocycles. The lowest BCUT2D eigenvalue weighted by Gasteiger charge is -2.04. The standard InChI is InChI=1S/C12H14FN5O2/c1-2-3-9(14)10-7-17(16-15-10)11-5-4-8(13)6-12(11)18(19)20/h4-7,9H,2-3,14H2,1H3. The van der Waals surface area contributed by atoms with Crippen molar-refractivity contribution in [3.8, 4) is 5.69 Å². The number of nitrogens with two attached hydrogens (primary N) is 1. The van der Waals surface area contributed by atoms with E-state index < -0.39 is 10.7 Å². The number of nitro benzene ring substituents is 1. The summed E-state index contributed by atoms with van der Waals surface area (Å²) in [5, 5.41) is 18.7. The molecule has 0 amide bonds. The van der Waals surface area contributed by atoms with Crippen molar-refractivity contribution in [3.05, 3.63) is 46.0 Å². The number of halogens is 1. The molecule has 1 atom stereocenters. The van der Waals surface area contributed by atoms with Crippen molar-refractivity contribution in [1.82, 2.24) is 15.0 Å². The molecule has 2 aromatic rings. The Morgan fingerprint density at radius 1 is 1.55 bits per heavy atom. The Hall–Kier alpha value is -2.35. The number of hydrogen-bond acceptors (Lipinski definition) is 5. The third kappa shape index (κ3) is 2.80. The summed E-state index contributed by atoms with van der Waals surface area (Å²) in [7, 11) is 0. The van der Waals surface area contributed by atoms with Gasteiger partial charge < -0.3 is 5.73 Å². The molecule has 0 saturated carbocycles. The molecule has 0 aliphatic carbocycles. The van der Waals surface area contributed by atoms with Crippen molar-refractivity contribution < 1.29 is 9.31 Å². The second kappa shape index (κ2) is 5.74. The van der Waals surface area contributed by atoms with Crippen molar-refractivity contribution in [3.63, 3.8) is 0 Å². The summed E-state index contributed by atoms with van der Waals surface area (Å²) in [6.45, 7) is 2.00. The van der Waals surface area contributed by atoms with Crippen LogP contribution in [0.15, 0.2) is 24.4 Å². The number of nitrogens with zero attached hydrogens (tertiary/aromatic N) is 4. The normalized spacial score (nSPS) is 12.3. The van der Waals surface area contributed by atoms with Crippen LogP contribution in [0.25, 0.3) is 5.69 Å². The fraction of sp³-hybridized carbons (Fsp3) is 0.333. The first-order chi connectivity index (χ1) is 9.52. The maximum atomic E-state index is 13.1. The molecule has 7 nitrogen and oxygen atoms in total. The molecule has 0 spiro atoms. The zero-order chi connectivity index (χ0) is 14.7. The van der Waals surface area contributed by atoms with E-state index in [1.165, 1.54) is 16.9 Å². The van der Waals surface area contributed by atoms with Gasteiger partial charge in [0.1, 0.15) is 11.5 Å². The number of nitro groups is 1. The minimum Gasteiger partial charge on any atom is -0.323 e. The molecule has 0 radical (unpaired) electrons. The van der Waals surface area contributed by atoms with Crippen molar-refractivity contribution in [2.45, 2.75) is 25.8 Å². The van der Waals surface area contributed by atoms with Gasteiger partial charge in [-0.3, -0.25) is 10.1 Å². The van der Waals surface area contributed by atoms with Gasteiger partial charge in [0.2, 0.25) is 0 Å². The highest BCUT2D eigenvalue weighted by atomic mass is 19.1. The van der Waals surface area contributed by atoms with Crippen LogP contribution in [-0.2, 0) is 0 Å². The lowest BCUT2D eigenvalue weighted by Crippen LogP contribution is -2.10. The molecule has 106 valence electrons. The molecule has 2 N–H and O–H groups in total. The van der Waals surface area contributed by atoms with Crippen molar-refractivity contribution in [2.75, 3.05) is 0 Å². The van der Waals surface area contributed by atoms with Crippen LogP contribution >= 0.6 is 0 Å². The third-order valence-corrected chi connectivity index (χ3v) is 2.87. The van der Waals surface area contributed by atoms with Crippen LogP contribution in [-0.4, -0.2) is 19.9 Å². The van der Waals surface area contributed by atoms with Gasteiger partial charge >= 0.3 is 0 Å². The van der Waals surface area contributed by atoms with Crippen molar-refractivity contribution in [2.24, 2.45) is 5.73 Å². The Balaban J connectivity index is 2.40. The zero-order valence-electron chi connectivity index (χ0n) is 10.9. The van der Waals surface area contributed by atoms with E-state index in [-0.39, 0.29) is 17.4 Å². The Morgan fingerprint density at radius 3 is 2.95 bits per heavy atom. The van der Waals surface area contributed by atoms with Crippen molar-refractivity contribution in [1.29, 1.82) is 0 Å². The summed E-state index contributed by atoms with van der Waals surface area (Å²) in [5.41, 5.74) is 6.24. The van der Waals surface area contributed by atoms with Crippen LogP contribution in [0, 0.1) is 15.9 Å². The van der Waals surface area contributed by atoms with E-state index in [0.29, 0.717) is 5.69 Å². The summed E-state index contributed by atoms with van der Waals surface area (Å²) in [6.07, 6.45) is 3.16.